The predicted octanol–water partition coefficient (Wildman–Crippen LogP) is 1.32. The molecule has 1 aromatic heterocycles. The van der Waals surface area contributed by atoms with Gasteiger partial charge < -0.3 is 26.6 Å². The van der Waals surface area contributed by atoms with Gasteiger partial charge in [0.15, 0.2) is 11.0 Å². The summed E-state index contributed by atoms with van der Waals surface area (Å²) in [4.78, 5) is 63.0. The number of aliphatic imine (C=N–C) groups is 1. The summed E-state index contributed by atoms with van der Waals surface area (Å²) >= 11 is 1.26. The molecule has 12 heteroatoms. The summed E-state index contributed by atoms with van der Waals surface area (Å²) in [5.74, 6) is -1.22. The van der Waals surface area contributed by atoms with Crippen molar-refractivity contribution in [2.75, 3.05) is 32.7 Å². The minimum atomic E-state index is -0.849. The molecule has 0 aliphatic carbocycles. The van der Waals surface area contributed by atoms with Crippen LogP contribution in [0.2, 0.25) is 0 Å². The van der Waals surface area contributed by atoms with Crippen molar-refractivity contribution < 1.29 is 19.2 Å². The first-order valence-corrected chi connectivity index (χ1v) is 14.0. The number of thiazole rings is 1. The standard InChI is InChI=1S/C28H33N7O4S/c29-28(30)31-14-6-10-21(26(39)27-33-20-9-4-5-11-22(20)40-27)32-23(36)17-34-15-16-35(18-25(34)38)24(37)13-12-19-7-2-1-3-8-19/h1-5,7-9,11,21H,6,10,12-18H2,(H,32,36)(H4,29,30,31). The Morgan fingerprint density at radius 3 is 2.52 bits per heavy atom. The van der Waals surface area contributed by atoms with E-state index in [4.69, 9.17) is 11.5 Å². The van der Waals surface area contributed by atoms with Crippen molar-refractivity contribution in [2.24, 2.45) is 16.5 Å². The molecule has 1 aliphatic rings. The van der Waals surface area contributed by atoms with Crippen molar-refractivity contribution in [2.45, 2.75) is 31.7 Å². The van der Waals surface area contributed by atoms with E-state index in [0.717, 1.165) is 10.3 Å². The molecule has 11 nitrogen and oxygen atoms in total. The Hall–Kier alpha value is -4.32. The number of hydrogen-bond donors (Lipinski definition) is 3. The second-order valence-corrected chi connectivity index (χ2v) is 10.6. The van der Waals surface area contributed by atoms with Gasteiger partial charge in [-0.15, -0.1) is 11.3 Å². The molecule has 5 N–H and O–H groups in total. The van der Waals surface area contributed by atoms with Crippen LogP contribution in [0.25, 0.3) is 10.2 Å². The molecular weight excluding hydrogens is 530 g/mol. The molecular formula is C28H33N7O4S. The molecule has 2 aromatic carbocycles. The highest BCUT2D eigenvalue weighted by atomic mass is 32.1. The van der Waals surface area contributed by atoms with E-state index in [9.17, 15) is 19.2 Å². The third-order valence-corrected chi connectivity index (χ3v) is 7.63. The number of nitrogens with two attached hydrogens (primary N) is 2. The number of ketones is 1. The van der Waals surface area contributed by atoms with E-state index in [1.165, 1.54) is 21.1 Å². The van der Waals surface area contributed by atoms with Crippen molar-refractivity contribution >= 4 is 51.0 Å². The van der Waals surface area contributed by atoms with Crippen LogP contribution in [0.1, 0.15) is 34.6 Å². The molecule has 1 unspecified atom stereocenters. The molecule has 3 amide bonds. The van der Waals surface area contributed by atoms with Crippen molar-refractivity contribution in [1.82, 2.24) is 20.1 Å². The second-order valence-electron chi connectivity index (χ2n) is 9.54. The van der Waals surface area contributed by atoms with Crippen LogP contribution in [-0.4, -0.2) is 83.0 Å². The lowest BCUT2D eigenvalue weighted by molar-refractivity contribution is -0.146. The van der Waals surface area contributed by atoms with Crippen LogP contribution in [0.5, 0.6) is 0 Å². The Bertz CT molecular complexity index is 1350. The lowest BCUT2D eigenvalue weighted by atomic mass is 10.1. The van der Waals surface area contributed by atoms with Gasteiger partial charge in [0.05, 0.1) is 29.3 Å². The number of guanidine groups is 1. The van der Waals surface area contributed by atoms with Gasteiger partial charge >= 0.3 is 0 Å². The van der Waals surface area contributed by atoms with E-state index in [1.807, 2.05) is 54.6 Å². The molecule has 2 heterocycles. The van der Waals surface area contributed by atoms with Crippen LogP contribution in [0.15, 0.2) is 59.6 Å². The zero-order valence-corrected chi connectivity index (χ0v) is 22.9. The molecule has 1 fully saturated rings. The van der Waals surface area contributed by atoms with E-state index in [0.29, 0.717) is 49.3 Å². The molecule has 1 aliphatic heterocycles. The van der Waals surface area contributed by atoms with Crippen LogP contribution < -0.4 is 16.8 Å². The van der Waals surface area contributed by atoms with E-state index in [-0.39, 0.29) is 43.2 Å². The fourth-order valence-corrected chi connectivity index (χ4v) is 5.41. The van der Waals surface area contributed by atoms with Gasteiger partial charge in [0.2, 0.25) is 23.5 Å². The number of aryl methyl sites for hydroxylation is 1. The molecule has 1 saturated heterocycles. The molecule has 4 rings (SSSR count). The maximum atomic E-state index is 13.3. The van der Waals surface area contributed by atoms with E-state index in [2.05, 4.69) is 15.3 Å². The monoisotopic (exact) mass is 563 g/mol. The maximum absolute atomic E-state index is 13.3. The topological polar surface area (TPSA) is 164 Å². The summed E-state index contributed by atoms with van der Waals surface area (Å²) in [6.45, 7) is 0.611. The van der Waals surface area contributed by atoms with Gasteiger partial charge in [-0.05, 0) is 37.0 Å². The number of piperazine rings is 1. The molecule has 0 bridgehead atoms. The van der Waals surface area contributed by atoms with Gasteiger partial charge in [0, 0.05) is 26.1 Å². The lowest BCUT2D eigenvalue weighted by Gasteiger charge is -2.34. The lowest BCUT2D eigenvalue weighted by Crippen LogP contribution is -2.55. The molecule has 1 atom stereocenters. The first-order chi connectivity index (χ1) is 19.3. The summed E-state index contributed by atoms with van der Waals surface area (Å²) < 4.78 is 0.873. The zero-order valence-electron chi connectivity index (χ0n) is 22.1. The number of aromatic nitrogens is 1. The number of nitrogens with zero attached hydrogens (tertiary/aromatic N) is 4. The van der Waals surface area contributed by atoms with Crippen LogP contribution in [0, 0.1) is 0 Å². The van der Waals surface area contributed by atoms with Gasteiger partial charge in [0.25, 0.3) is 0 Å². The van der Waals surface area contributed by atoms with Crippen molar-refractivity contribution in [1.29, 1.82) is 0 Å². The number of Topliss-reactive ketones (excluding diaryl/α,β-unsaturated/α-hetero) is 1. The number of rotatable bonds is 12. The molecule has 3 aromatic rings. The first-order valence-electron chi connectivity index (χ1n) is 13.1. The maximum Gasteiger partial charge on any atom is 0.242 e. The average Bonchev–Trinajstić information content (AvgIpc) is 3.39. The Morgan fingerprint density at radius 2 is 1.80 bits per heavy atom. The normalized spacial score (nSPS) is 14.2. The highest BCUT2D eigenvalue weighted by molar-refractivity contribution is 7.20. The quantitative estimate of drug-likeness (QED) is 0.129. The number of amides is 3. The van der Waals surface area contributed by atoms with Crippen LogP contribution in [0.4, 0.5) is 0 Å². The third-order valence-electron chi connectivity index (χ3n) is 6.58. The van der Waals surface area contributed by atoms with Crippen molar-refractivity contribution in [3.8, 4) is 0 Å². The van der Waals surface area contributed by atoms with Crippen molar-refractivity contribution in [3.05, 3.63) is 65.2 Å². The molecule has 0 saturated carbocycles. The fraction of sp³-hybridized carbons (Fsp3) is 0.357. The average molecular weight is 564 g/mol. The van der Waals surface area contributed by atoms with Crippen molar-refractivity contribution in [3.63, 3.8) is 0 Å². The van der Waals surface area contributed by atoms with Crippen LogP contribution in [-0.2, 0) is 20.8 Å². The van der Waals surface area contributed by atoms with E-state index < -0.39 is 11.9 Å². The number of para-hydroxylation sites is 1. The number of fused-ring (bicyclic) bond motifs is 1. The highest BCUT2D eigenvalue weighted by Crippen LogP contribution is 2.23. The summed E-state index contributed by atoms with van der Waals surface area (Å²) in [7, 11) is 0. The largest absolute Gasteiger partial charge is 0.370 e. The second kappa shape index (κ2) is 13.7. The third kappa shape index (κ3) is 7.85. The molecule has 40 heavy (non-hydrogen) atoms. The molecule has 210 valence electrons. The van der Waals surface area contributed by atoms with Gasteiger partial charge in [0.1, 0.15) is 0 Å². The Morgan fingerprint density at radius 1 is 1.05 bits per heavy atom. The van der Waals surface area contributed by atoms with Gasteiger partial charge in [-0.25, -0.2) is 4.98 Å². The van der Waals surface area contributed by atoms with Crippen LogP contribution in [0.3, 0.4) is 0 Å². The van der Waals surface area contributed by atoms with Gasteiger partial charge in [-0.3, -0.25) is 24.2 Å². The summed E-state index contributed by atoms with van der Waals surface area (Å²) in [5.41, 5.74) is 12.6. The summed E-state index contributed by atoms with van der Waals surface area (Å²) in [5, 5.41) is 3.08. The number of carbonyl (C=O) groups excluding carboxylic acids is 4. The highest BCUT2D eigenvalue weighted by Gasteiger charge is 2.30. The van der Waals surface area contributed by atoms with E-state index in [1.54, 1.807) is 0 Å². The number of hydrogen-bond acceptors (Lipinski definition) is 7. The predicted molar refractivity (Wildman–Crippen MR) is 154 cm³/mol. The summed E-state index contributed by atoms with van der Waals surface area (Å²) in [6, 6.07) is 16.3. The van der Waals surface area contributed by atoms with Gasteiger partial charge in [-0.1, -0.05) is 42.5 Å². The Kier molecular flexibility index (Phi) is 9.79. The minimum Gasteiger partial charge on any atom is -0.370 e. The SMILES string of the molecule is NC(N)=NCCCC(NC(=O)CN1CCN(C(=O)CCc2ccccc2)CC1=O)C(=O)c1nc2ccccc2s1. The number of carbonyl (C=O) groups is 4. The van der Waals surface area contributed by atoms with Gasteiger partial charge in [-0.2, -0.15) is 0 Å². The zero-order chi connectivity index (χ0) is 28.5. The number of benzene rings is 2. The Balaban J connectivity index is 1.33. The summed E-state index contributed by atoms with van der Waals surface area (Å²) in [6.07, 6.45) is 1.67. The molecule has 0 spiro atoms. The van der Waals surface area contributed by atoms with Crippen LogP contribution >= 0.6 is 11.3 Å². The smallest absolute Gasteiger partial charge is 0.242 e. The fourth-order valence-electron chi connectivity index (χ4n) is 4.45. The van der Waals surface area contributed by atoms with E-state index >= 15 is 0 Å². The first kappa shape index (κ1) is 28.7. The number of nitrogens with one attached hydrogen (secondary N) is 1. The molecule has 0 radical (unpaired) electrons. The minimum absolute atomic E-state index is 0.0470. The Labute approximate surface area is 236 Å².